The van der Waals surface area contributed by atoms with E-state index >= 15 is 4.39 Å². The van der Waals surface area contributed by atoms with Crippen LogP contribution >= 0.6 is 0 Å². The summed E-state index contributed by atoms with van der Waals surface area (Å²) < 4.78 is 24.0. The molecule has 0 amide bonds. The van der Waals surface area contributed by atoms with Gasteiger partial charge in [0.1, 0.15) is 5.82 Å². The number of hydrogen-bond acceptors (Lipinski definition) is 6. The minimum atomic E-state index is -1.11. The Morgan fingerprint density at radius 1 is 1.16 bits per heavy atom. The van der Waals surface area contributed by atoms with Crippen molar-refractivity contribution in [1.29, 1.82) is 0 Å². The van der Waals surface area contributed by atoms with Gasteiger partial charge in [0, 0.05) is 43.3 Å². The van der Waals surface area contributed by atoms with E-state index in [4.69, 9.17) is 21.3 Å². The van der Waals surface area contributed by atoms with E-state index in [0.717, 1.165) is 23.9 Å². The topological polar surface area (TPSA) is 103 Å². The van der Waals surface area contributed by atoms with Crippen molar-refractivity contribution < 1.29 is 14.2 Å². The maximum Gasteiger partial charge on any atom is 0.135 e. The van der Waals surface area contributed by atoms with E-state index in [0.29, 0.717) is 52.2 Å². The van der Waals surface area contributed by atoms with E-state index in [1.165, 1.54) is 11.1 Å². The molecule has 1 atom stereocenters. The quantitative estimate of drug-likeness (QED) is 0.245. The van der Waals surface area contributed by atoms with Gasteiger partial charge in [-0.2, -0.15) is 0 Å². The van der Waals surface area contributed by atoms with Gasteiger partial charge in [-0.25, -0.2) is 10.2 Å². The van der Waals surface area contributed by atoms with Gasteiger partial charge in [0.15, 0.2) is 0 Å². The third kappa shape index (κ3) is 4.64. The number of halogens is 1. The second-order valence-corrected chi connectivity index (χ2v) is 10.8. The minimum Gasteiger partial charge on any atom is -0.401 e. The van der Waals surface area contributed by atoms with Crippen LogP contribution in [0, 0.1) is 11.7 Å². The monoisotopic (exact) mass is 517 g/mol. The summed E-state index contributed by atoms with van der Waals surface area (Å²) in [6, 6.07) is 15.6. The molecule has 1 saturated heterocycles. The van der Waals surface area contributed by atoms with Gasteiger partial charge in [-0.05, 0) is 63.3 Å². The predicted molar refractivity (Wildman–Crippen MR) is 149 cm³/mol. The van der Waals surface area contributed by atoms with E-state index in [1.807, 2.05) is 30.3 Å². The number of hydrogen-bond donors (Lipinski definition) is 3. The highest BCUT2D eigenvalue weighted by molar-refractivity contribution is 6.07. The fourth-order valence-electron chi connectivity index (χ4n) is 5.77. The third-order valence-electron chi connectivity index (χ3n) is 7.53. The number of rotatable bonds is 6. The molecule has 2 aromatic carbocycles. The Hall–Kier alpha value is -3.46. The molecule has 2 aromatic heterocycles. The highest BCUT2D eigenvalue weighted by atomic mass is 19.1. The summed E-state index contributed by atoms with van der Waals surface area (Å²) in [5.41, 5.74) is 10.5. The normalized spacial score (nSPS) is 16.6. The number of pyridine rings is 1. The maximum absolute atomic E-state index is 16.1. The molecule has 8 heteroatoms. The van der Waals surface area contributed by atoms with Crippen LogP contribution in [0.25, 0.3) is 27.6 Å². The van der Waals surface area contributed by atoms with Crippen molar-refractivity contribution in [1.82, 2.24) is 14.6 Å². The van der Waals surface area contributed by atoms with Crippen LogP contribution in [0.5, 0.6) is 0 Å². The zero-order valence-corrected chi connectivity index (χ0v) is 22.4. The third-order valence-corrected chi connectivity index (χ3v) is 7.53. The molecule has 4 aromatic rings. The molecule has 1 fully saturated rings. The lowest BCUT2D eigenvalue weighted by atomic mass is 9.86. The van der Waals surface area contributed by atoms with Gasteiger partial charge < -0.3 is 25.2 Å². The van der Waals surface area contributed by atoms with E-state index in [-0.39, 0.29) is 12.0 Å². The molecule has 3 heterocycles. The Bertz CT molecular complexity index is 1490. The summed E-state index contributed by atoms with van der Waals surface area (Å²) in [6.07, 6.45) is 3.38. The Morgan fingerprint density at radius 2 is 1.84 bits per heavy atom. The predicted octanol–water partition coefficient (Wildman–Crippen LogP) is 5.02. The van der Waals surface area contributed by atoms with E-state index in [9.17, 15) is 5.11 Å². The molecule has 0 aliphatic carbocycles. The van der Waals surface area contributed by atoms with Crippen LogP contribution in [-0.4, -0.2) is 39.9 Å². The standard InChI is InChI=1S/C30H36FN5O2/c1-18(32)28(35(4)33)21-14-23(31)26-24(15-21)36(25-16-22(30(2,3)37)17-34-27(25)26)29(19-8-6-5-7-9-19)20-10-12-38-13-11-20/h5-9,14-17,20,29,37H,10-13,32-33H2,1-4H3/b28-18-. The van der Waals surface area contributed by atoms with Crippen LogP contribution in [0.3, 0.4) is 0 Å². The van der Waals surface area contributed by atoms with Gasteiger partial charge in [-0.15, -0.1) is 0 Å². The number of nitrogens with two attached hydrogens (primary N) is 2. The van der Waals surface area contributed by atoms with Crippen molar-refractivity contribution >= 4 is 27.6 Å². The summed E-state index contributed by atoms with van der Waals surface area (Å²) in [4.78, 5) is 4.71. The van der Waals surface area contributed by atoms with E-state index in [1.54, 1.807) is 34.0 Å². The van der Waals surface area contributed by atoms with E-state index in [2.05, 4.69) is 16.7 Å². The second-order valence-electron chi connectivity index (χ2n) is 10.8. The number of ether oxygens (including phenoxy) is 1. The number of nitrogens with zero attached hydrogens (tertiary/aromatic N) is 3. The molecule has 0 saturated carbocycles. The summed E-state index contributed by atoms with van der Waals surface area (Å²) >= 11 is 0. The fourth-order valence-corrected chi connectivity index (χ4v) is 5.77. The van der Waals surface area contributed by atoms with Gasteiger partial charge in [0.05, 0.1) is 39.3 Å². The molecule has 1 unspecified atom stereocenters. The first-order valence-corrected chi connectivity index (χ1v) is 13.0. The average molecular weight is 518 g/mol. The lowest BCUT2D eigenvalue weighted by Crippen LogP contribution is -2.27. The van der Waals surface area contributed by atoms with Gasteiger partial charge in [0.25, 0.3) is 0 Å². The molecule has 5 N–H and O–H groups in total. The zero-order valence-electron chi connectivity index (χ0n) is 22.4. The van der Waals surface area contributed by atoms with Gasteiger partial charge in [-0.3, -0.25) is 4.98 Å². The smallest absolute Gasteiger partial charge is 0.135 e. The van der Waals surface area contributed by atoms with Crippen LogP contribution in [0.2, 0.25) is 0 Å². The molecular formula is C30H36FN5O2. The first-order chi connectivity index (χ1) is 18.1. The number of aliphatic hydroxyl groups is 1. The summed E-state index contributed by atoms with van der Waals surface area (Å²) in [5.74, 6) is 5.98. The molecule has 5 rings (SSSR count). The fraction of sp³-hybridized carbons (Fsp3) is 0.367. The average Bonchev–Trinajstić information content (AvgIpc) is 3.18. The van der Waals surface area contributed by atoms with Crippen molar-refractivity contribution in [2.24, 2.45) is 17.5 Å². The van der Waals surface area contributed by atoms with Crippen molar-refractivity contribution in [2.45, 2.75) is 45.3 Å². The number of benzene rings is 2. The second kappa shape index (κ2) is 10.0. The number of allylic oxidation sites excluding steroid dienone is 1. The van der Waals surface area contributed by atoms with Crippen LogP contribution < -0.4 is 11.6 Å². The van der Waals surface area contributed by atoms with Crippen molar-refractivity contribution in [3.8, 4) is 0 Å². The molecule has 0 radical (unpaired) electrons. The lowest BCUT2D eigenvalue weighted by molar-refractivity contribution is 0.0552. The molecule has 38 heavy (non-hydrogen) atoms. The van der Waals surface area contributed by atoms with E-state index < -0.39 is 11.4 Å². The van der Waals surface area contributed by atoms with Crippen molar-refractivity contribution in [2.75, 3.05) is 20.3 Å². The Kier molecular flexibility index (Phi) is 6.90. The molecule has 1 aliphatic heterocycles. The molecule has 0 spiro atoms. The lowest BCUT2D eigenvalue weighted by Gasteiger charge is -2.33. The number of hydrazine groups is 1. The maximum atomic E-state index is 16.1. The van der Waals surface area contributed by atoms with Crippen molar-refractivity contribution in [3.05, 3.63) is 82.9 Å². The van der Waals surface area contributed by atoms with Gasteiger partial charge >= 0.3 is 0 Å². The minimum absolute atomic E-state index is 0.101. The van der Waals surface area contributed by atoms with Crippen LogP contribution in [-0.2, 0) is 10.3 Å². The van der Waals surface area contributed by atoms with Crippen LogP contribution in [0.1, 0.15) is 56.3 Å². The van der Waals surface area contributed by atoms with Crippen molar-refractivity contribution in [3.63, 3.8) is 0 Å². The molecule has 1 aliphatic rings. The Morgan fingerprint density at radius 3 is 2.45 bits per heavy atom. The molecule has 7 nitrogen and oxygen atoms in total. The SMILES string of the molecule is C/C(N)=C(\c1cc(F)c2c3ncc(C(C)(C)O)cc3n(C(c3ccccc3)C3CCOCC3)c2c1)N(C)N. The first-order valence-electron chi connectivity index (χ1n) is 13.0. The molecule has 200 valence electrons. The Balaban J connectivity index is 1.91. The van der Waals surface area contributed by atoms with Crippen LogP contribution in [0.15, 0.2) is 60.4 Å². The highest BCUT2D eigenvalue weighted by Gasteiger charge is 2.32. The van der Waals surface area contributed by atoms with Crippen LogP contribution in [0.4, 0.5) is 4.39 Å². The van der Waals surface area contributed by atoms with Gasteiger partial charge in [0.2, 0.25) is 0 Å². The number of fused-ring (bicyclic) bond motifs is 3. The largest absolute Gasteiger partial charge is 0.401 e. The number of aromatic nitrogens is 2. The first kappa shape index (κ1) is 26.2. The Labute approximate surface area is 222 Å². The summed E-state index contributed by atoms with van der Waals surface area (Å²) in [5, 5.41) is 12.7. The molecular weight excluding hydrogens is 481 g/mol. The van der Waals surface area contributed by atoms with Gasteiger partial charge in [-0.1, -0.05) is 30.3 Å². The summed E-state index contributed by atoms with van der Waals surface area (Å²) in [6.45, 7) is 6.56. The highest BCUT2D eigenvalue weighted by Crippen LogP contribution is 2.42. The summed E-state index contributed by atoms with van der Waals surface area (Å²) in [7, 11) is 1.69. The zero-order chi connectivity index (χ0) is 27.2. The molecule has 0 bridgehead atoms.